The number of nitrogens with zero attached hydrogens (tertiary/aromatic N) is 2. The van der Waals surface area contributed by atoms with Gasteiger partial charge in [0.2, 0.25) is 11.0 Å². The van der Waals surface area contributed by atoms with Gasteiger partial charge in [-0.1, -0.05) is 35.2 Å². The number of rotatable bonds is 8. The molecule has 1 unspecified atom stereocenters. The molecule has 2 heterocycles. The third-order valence-corrected chi connectivity index (χ3v) is 5.96. The number of anilines is 1. The first-order valence-electron chi connectivity index (χ1n) is 8.43. The molecule has 3 rings (SSSR count). The highest BCUT2D eigenvalue weighted by atomic mass is 32.2. The topological polar surface area (TPSA) is 76.1 Å². The molecular weight excluding hydrogens is 375 g/mol. The fraction of sp³-hybridized carbons (Fsp3) is 0.471. The molecular formula is C17H21FN4O2S2. The lowest BCUT2D eigenvalue weighted by Crippen LogP contribution is -2.24. The van der Waals surface area contributed by atoms with Gasteiger partial charge in [-0.3, -0.25) is 4.79 Å². The maximum absolute atomic E-state index is 13.2. The normalized spacial score (nSPS) is 16.6. The van der Waals surface area contributed by atoms with Crippen LogP contribution in [-0.4, -0.2) is 41.1 Å². The number of ether oxygens (including phenoxy) is 1. The van der Waals surface area contributed by atoms with Crippen LogP contribution in [0.4, 0.5) is 9.52 Å². The SMILES string of the molecule is Cc1cc(CNC(=O)CSc2nnc(NCC3CCCO3)s2)ccc1F. The Balaban J connectivity index is 1.38. The highest BCUT2D eigenvalue weighted by Gasteiger charge is 2.16. The smallest absolute Gasteiger partial charge is 0.230 e. The molecule has 2 N–H and O–H groups in total. The van der Waals surface area contributed by atoms with Crippen LogP contribution < -0.4 is 10.6 Å². The molecule has 1 saturated heterocycles. The van der Waals surface area contributed by atoms with Gasteiger partial charge in [-0.25, -0.2) is 4.39 Å². The summed E-state index contributed by atoms with van der Waals surface area (Å²) < 4.78 is 19.5. The lowest BCUT2D eigenvalue weighted by atomic mass is 10.1. The third kappa shape index (κ3) is 5.65. The number of amides is 1. The minimum Gasteiger partial charge on any atom is -0.376 e. The standard InChI is InChI=1S/C17H21FN4O2S2/c1-11-7-12(4-5-14(11)18)8-19-15(23)10-25-17-22-21-16(26-17)20-9-13-3-2-6-24-13/h4-5,7,13H,2-3,6,8-10H2,1H3,(H,19,23)(H,20,21). The highest BCUT2D eigenvalue weighted by Crippen LogP contribution is 2.25. The van der Waals surface area contributed by atoms with E-state index in [1.54, 1.807) is 19.1 Å². The number of halogens is 1. The van der Waals surface area contributed by atoms with Gasteiger partial charge in [0.25, 0.3) is 0 Å². The number of hydrogen-bond donors (Lipinski definition) is 2. The molecule has 1 atom stereocenters. The minimum atomic E-state index is -0.240. The summed E-state index contributed by atoms with van der Waals surface area (Å²) >= 11 is 2.78. The number of hydrogen-bond acceptors (Lipinski definition) is 7. The van der Waals surface area contributed by atoms with E-state index in [1.807, 2.05) is 0 Å². The highest BCUT2D eigenvalue weighted by molar-refractivity contribution is 8.01. The molecule has 1 fully saturated rings. The summed E-state index contributed by atoms with van der Waals surface area (Å²) in [5.41, 5.74) is 1.45. The second-order valence-corrected chi connectivity index (χ2v) is 8.24. The third-order valence-electron chi connectivity index (χ3n) is 3.95. The van der Waals surface area contributed by atoms with Crippen molar-refractivity contribution in [2.24, 2.45) is 0 Å². The van der Waals surface area contributed by atoms with Gasteiger partial charge in [0.1, 0.15) is 5.82 Å². The number of nitrogens with one attached hydrogen (secondary N) is 2. The molecule has 0 radical (unpaired) electrons. The molecule has 26 heavy (non-hydrogen) atoms. The van der Waals surface area contributed by atoms with Crippen molar-refractivity contribution in [1.82, 2.24) is 15.5 Å². The average molecular weight is 397 g/mol. The molecule has 9 heteroatoms. The predicted octanol–water partition coefficient (Wildman–Crippen LogP) is 2.99. The summed E-state index contributed by atoms with van der Waals surface area (Å²) in [5.74, 6) is -0.0718. The fourth-order valence-corrected chi connectivity index (χ4v) is 4.13. The summed E-state index contributed by atoms with van der Waals surface area (Å²) in [6.45, 7) is 3.65. The van der Waals surface area contributed by atoms with E-state index in [1.165, 1.54) is 29.2 Å². The van der Waals surface area contributed by atoms with E-state index in [0.29, 0.717) is 12.1 Å². The van der Waals surface area contributed by atoms with Gasteiger partial charge in [0.15, 0.2) is 4.34 Å². The number of carbonyl (C=O) groups excluding carboxylic acids is 1. The van der Waals surface area contributed by atoms with Crippen molar-refractivity contribution < 1.29 is 13.9 Å². The van der Waals surface area contributed by atoms with E-state index in [9.17, 15) is 9.18 Å². The number of carbonyl (C=O) groups is 1. The Bertz CT molecular complexity index is 750. The summed E-state index contributed by atoms with van der Waals surface area (Å²) in [5, 5.41) is 15.0. The van der Waals surface area contributed by atoms with Crippen LogP contribution in [0, 0.1) is 12.7 Å². The van der Waals surface area contributed by atoms with E-state index in [0.717, 1.165) is 41.0 Å². The van der Waals surface area contributed by atoms with Crippen LogP contribution >= 0.6 is 23.1 Å². The molecule has 140 valence electrons. The van der Waals surface area contributed by atoms with Gasteiger partial charge in [-0.05, 0) is 37.0 Å². The molecule has 0 bridgehead atoms. The van der Waals surface area contributed by atoms with E-state index in [-0.39, 0.29) is 23.6 Å². The van der Waals surface area contributed by atoms with Crippen LogP contribution in [0.2, 0.25) is 0 Å². The van der Waals surface area contributed by atoms with Gasteiger partial charge >= 0.3 is 0 Å². The zero-order valence-corrected chi connectivity index (χ0v) is 16.1. The Labute approximate surface area is 159 Å². The first kappa shape index (κ1) is 19.1. The Morgan fingerprint density at radius 2 is 2.35 bits per heavy atom. The number of aryl methyl sites for hydroxylation is 1. The van der Waals surface area contributed by atoms with Gasteiger partial charge in [0.05, 0.1) is 11.9 Å². The number of aromatic nitrogens is 2. The van der Waals surface area contributed by atoms with Crippen molar-refractivity contribution in [2.75, 3.05) is 24.2 Å². The van der Waals surface area contributed by atoms with Gasteiger partial charge in [-0.15, -0.1) is 10.2 Å². The van der Waals surface area contributed by atoms with Crippen molar-refractivity contribution >= 4 is 34.1 Å². The Kier molecular flexibility index (Phi) is 6.81. The molecule has 0 saturated carbocycles. The molecule has 1 amide bonds. The summed E-state index contributed by atoms with van der Waals surface area (Å²) in [4.78, 5) is 12.0. The van der Waals surface area contributed by atoms with Crippen LogP contribution in [0.15, 0.2) is 22.5 Å². The summed E-state index contributed by atoms with van der Waals surface area (Å²) in [6, 6.07) is 4.82. The van der Waals surface area contributed by atoms with Gasteiger partial charge in [0, 0.05) is 19.7 Å². The van der Waals surface area contributed by atoms with E-state index >= 15 is 0 Å². The van der Waals surface area contributed by atoms with Crippen LogP contribution in [-0.2, 0) is 16.1 Å². The largest absolute Gasteiger partial charge is 0.376 e. The second-order valence-electron chi connectivity index (χ2n) is 6.04. The zero-order valence-electron chi connectivity index (χ0n) is 14.5. The van der Waals surface area contributed by atoms with Crippen molar-refractivity contribution in [3.05, 3.63) is 35.1 Å². The Hall–Kier alpha value is -1.71. The van der Waals surface area contributed by atoms with Crippen LogP contribution in [0.5, 0.6) is 0 Å². The first-order valence-corrected chi connectivity index (χ1v) is 10.2. The maximum Gasteiger partial charge on any atom is 0.230 e. The molecule has 0 spiro atoms. The number of thioether (sulfide) groups is 1. The first-order chi connectivity index (χ1) is 12.6. The maximum atomic E-state index is 13.2. The molecule has 6 nitrogen and oxygen atoms in total. The molecule has 1 aliphatic rings. The zero-order chi connectivity index (χ0) is 18.4. The minimum absolute atomic E-state index is 0.0963. The molecule has 1 aromatic carbocycles. The molecule has 1 aliphatic heterocycles. The molecule has 1 aromatic heterocycles. The lowest BCUT2D eigenvalue weighted by Gasteiger charge is -2.08. The monoisotopic (exact) mass is 396 g/mol. The lowest BCUT2D eigenvalue weighted by molar-refractivity contribution is -0.118. The van der Waals surface area contributed by atoms with Gasteiger partial charge < -0.3 is 15.4 Å². The van der Waals surface area contributed by atoms with Crippen molar-refractivity contribution in [1.29, 1.82) is 0 Å². The van der Waals surface area contributed by atoms with E-state index < -0.39 is 0 Å². The fourth-order valence-electron chi connectivity index (χ4n) is 2.54. The van der Waals surface area contributed by atoms with Gasteiger partial charge in [-0.2, -0.15) is 0 Å². The average Bonchev–Trinajstić information content (AvgIpc) is 3.30. The molecule has 0 aliphatic carbocycles. The van der Waals surface area contributed by atoms with Crippen LogP contribution in [0.1, 0.15) is 24.0 Å². The number of benzene rings is 1. The second kappa shape index (κ2) is 9.29. The van der Waals surface area contributed by atoms with Crippen molar-refractivity contribution in [3.63, 3.8) is 0 Å². The van der Waals surface area contributed by atoms with E-state index in [2.05, 4.69) is 20.8 Å². The van der Waals surface area contributed by atoms with Crippen molar-refractivity contribution in [2.45, 2.75) is 36.8 Å². The van der Waals surface area contributed by atoms with Crippen LogP contribution in [0.3, 0.4) is 0 Å². The Morgan fingerprint density at radius 1 is 1.46 bits per heavy atom. The summed E-state index contributed by atoms with van der Waals surface area (Å²) in [7, 11) is 0. The van der Waals surface area contributed by atoms with Crippen LogP contribution in [0.25, 0.3) is 0 Å². The van der Waals surface area contributed by atoms with E-state index in [4.69, 9.17) is 4.74 Å². The van der Waals surface area contributed by atoms with Crippen molar-refractivity contribution in [3.8, 4) is 0 Å². The Morgan fingerprint density at radius 3 is 3.12 bits per heavy atom. The molecule has 2 aromatic rings. The quantitative estimate of drug-likeness (QED) is 0.668. The summed E-state index contributed by atoms with van der Waals surface area (Å²) in [6.07, 6.45) is 2.42. The predicted molar refractivity (Wildman–Crippen MR) is 101 cm³/mol.